The number of rotatable bonds is 9. The highest BCUT2D eigenvalue weighted by molar-refractivity contribution is 7.92. The van der Waals surface area contributed by atoms with Gasteiger partial charge in [-0.1, -0.05) is 37.0 Å². The molecule has 2 rings (SSSR count). The molecular formula is C21H34N2O4S. The predicted octanol–water partition coefficient (Wildman–Crippen LogP) is 3.23. The van der Waals surface area contributed by atoms with Crippen LogP contribution in [0.3, 0.4) is 0 Å². The number of amides is 1. The van der Waals surface area contributed by atoms with Gasteiger partial charge >= 0.3 is 0 Å². The molecule has 1 amide bonds. The minimum Gasteiger partial charge on any atom is -0.378 e. The van der Waals surface area contributed by atoms with E-state index in [2.05, 4.69) is 5.32 Å². The van der Waals surface area contributed by atoms with Gasteiger partial charge < -0.3 is 10.1 Å². The molecule has 7 heteroatoms. The number of nitrogens with one attached hydrogen (secondary N) is 1. The lowest BCUT2D eigenvalue weighted by Crippen LogP contribution is -2.41. The molecule has 1 aromatic rings. The first-order valence-corrected chi connectivity index (χ1v) is 12.0. The summed E-state index contributed by atoms with van der Waals surface area (Å²) >= 11 is 0. The van der Waals surface area contributed by atoms with E-state index in [1.807, 2.05) is 32.9 Å². The molecule has 0 unspecified atom stereocenters. The number of carbonyl (C=O) groups is 1. The summed E-state index contributed by atoms with van der Waals surface area (Å²) in [5.41, 5.74) is 3.34. The van der Waals surface area contributed by atoms with Crippen LogP contribution in [0.25, 0.3) is 0 Å². The van der Waals surface area contributed by atoms with Gasteiger partial charge in [0.05, 0.1) is 18.0 Å². The van der Waals surface area contributed by atoms with E-state index in [0.29, 0.717) is 24.9 Å². The van der Waals surface area contributed by atoms with E-state index in [9.17, 15) is 13.2 Å². The number of benzene rings is 1. The zero-order chi connectivity index (χ0) is 20.7. The summed E-state index contributed by atoms with van der Waals surface area (Å²) in [6.07, 6.45) is 8.25. The number of hydrogen-bond acceptors (Lipinski definition) is 4. The van der Waals surface area contributed by atoms with Crippen LogP contribution in [0.2, 0.25) is 0 Å². The van der Waals surface area contributed by atoms with E-state index < -0.39 is 10.0 Å². The zero-order valence-electron chi connectivity index (χ0n) is 17.6. The number of hydrogen-bond donors (Lipinski definition) is 1. The van der Waals surface area contributed by atoms with Crippen LogP contribution in [-0.2, 0) is 19.6 Å². The smallest absolute Gasteiger partial charge is 0.240 e. The van der Waals surface area contributed by atoms with Gasteiger partial charge in [-0.15, -0.1) is 0 Å². The standard InChI is InChI=1S/C21H34N2O4S/c1-16-13-17(2)21(18(3)14-16)23(28(4,25)26)15-20(24)22-11-8-12-27-19-9-6-5-7-10-19/h13-14,19H,5-12,15H2,1-4H3,(H,22,24). The van der Waals surface area contributed by atoms with Crippen molar-refractivity contribution in [1.82, 2.24) is 5.32 Å². The number of carbonyl (C=O) groups excluding carboxylic acids is 1. The maximum atomic E-state index is 12.4. The van der Waals surface area contributed by atoms with Gasteiger partial charge in [-0.3, -0.25) is 9.10 Å². The molecule has 1 saturated carbocycles. The van der Waals surface area contributed by atoms with E-state index in [-0.39, 0.29) is 12.5 Å². The lowest BCUT2D eigenvalue weighted by atomic mass is 9.98. The molecule has 1 aromatic carbocycles. The third-order valence-electron chi connectivity index (χ3n) is 5.12. The summed E-state index contributed by atoms with van der Waals surface area (Å²) < 4.78 is 31.7. The first-order chi connectivity index (χ1) is 13.2. The number of ether oxygens (including phenoxy) is 1. The lowest BCUT2D eigenvalue weighted by molar-refractivity contribution is -0.119. The Morgan fingerprint density at radius 2 is 1.75 bits per heavy atom. The SMILES string of the molecule is Cc1cc(C)c(N(CC(=O)NCCCOC2CCCCC2)S(C)(=O)=O)c(C)c1. The molecule has 0 heterocycles. The Morgan fingerprint density at radius 3 is 2.32 bits per heavy atom. The van der Waals surface area contributed by atoms with Crippen LogP contribution < -0.4 is 9.62 Å². The van der Waals surface area contributed by atoms with Crippen molar-refractivity contribution < 1.29 is 17.9 Å². The Labute approximate surface area is 169 Å². The van der Waals surface area contributed by atoms with Crippen LogP contribution in [0.1, 0.15) is 55.2 Å². The van der Waals surface area contributed by atoms with Gasteiger partial charge in [-0.25, -0.2) is 8.42 Å². The van der Waals surface area contributed by atoms with E-state index in [1.54, 1.807) is 0 Å². The molecule has 0 atom stereocenters. The number of nitrogens with zero attached hydrogens (tertiary/aromatic N) is 1. The molecule has 158 valence electrons. The maximum absolute atomic E-state index is 12.4. The van der Waals surface area contributed by atoms with E-state index in [4.69, 9.17) is 4.74 Å². The average molecular weight is 411 g/mol. The Balaban J connectivity index is 1.88. The van der Waals surface area contributed by atoms with Gasteiger partial charge in [0.1, 0.15) is 6.54 Å². The van der Waals surface area contributed by atoms with E-state index >= 15 is 0 Å². The molecule has 0 radical (unpaired) electrons. The Kier molecular flexibility index (Phi) is 8.31. The molecule has 28 heavy (non-hydrogen) atoms. The Bertz CT molecular complexity index is 748. The second-order valence-corrected chi connectivity index (χ2v) is 9.76. The fourth-order valence-electron chi connectivity index (χ4n) is 3.90. The molecule has 1 N–H and O–H groups in total. The van der Waals surface area contributed by atoms with Gasteiger partial charge in [0.2, 0.25) is 15.9 Å². The fraction of sp³-hybridized carbons (Fsp3) is 0.667. The monoisotopic (exact) mass is 410 g/mol. The molecule has 1 aliphatic carbocycles. The summed E-state index contributed by atoms with van der Waals surface area (Å²) in [7, 11) is -3.57. The molecule has 1 fully saturated rings. The highest BCUT2D eigenvalue weighted by Crippen LogP contribution is 2.28. The molecule has 0 bridgehead atoms. The highest BCUT2D eigenvalue weighted by atomic mass is 32.2. The van der Waals surface area contributed by atoms with Crippen molar-refractivity contribution in [2.45, 2.75) is 65.4 Å². The molecule has 1 aliphatic rings. The molecule has 0 spiro atoms. The molecule has 0 aromatic heterocycles. The van der Waals surface area contributed by atoms with Gasteiger partial charge in [-0.2, -0.15) is 0 Å². The Morgan fingerprint density at radius 1 is 1.14 bits per heavy atom. The van der Waals surface area contributed by atoms with Crippen LogP contribution >= 0.6 is 0 Å². The summed E-state index contributed by atoms with van der Waals surface area (Å²) in [5, 5.41) is 2.82. The predicted molar refractivity (Wildman–Crippen MR) is 113 cm³/mol. The normalized spacial score (nSPS) is 15.4. The minimum atomic E-state index is -3.57. The van der Waals surface area contributed by atoms with Crippen LogP contribution in [0.4, 0.5) is 5.69 Å². The summed E-state index contributed by atoms with van der Waals surface area (Å²) in [6, 6.07) is 3.86. The van der Waals surface area contributed by atoms with Crippen LogP contribution in [-0.4, -0.2) is 46.4 Å². The third-order valence-corrected chi connectivity index (χ3v) is 6.23. The van der Waals surface area contributed by atoms with Crippen molar-refractivity contribution >= 4 is 21.6 Å². The fourth-order valence-corrected chi connectivity index (χ4v) is 4.87. The second kappa shape index (κ2) is 10.3. The highest BCUT2D eigenvalue weighted by Gasteiger charge is 2.24. The number of aryl methyl sites for hydroxylation is 3. The number of anilines is 1. The first kappa shape index (κ1) is 22.7. The van der Waals surface area contributed by atoms with Crippen LogP contribution in [0.5, 0.6) is 0 Å². The quantitative estimate of drug-likeness (QED) is 0.634. The van der Waals surface area contributed by atoms with Gasteiger partial charge in [0, 0.05) is 13.2 Å². The topological polar surface area (TPSA) is 75.7 Å². The summed E-state index contributed by atoms with van der Waals surface area (Å²) in [4.78, 5) is 12.4. The lowest BCUT2D eigenvalue weighted by Gasteiger charge is -2.26. The van der Waals surface area contributed by atoms with Gasteiger partial charge in [0.25, 0.3) is 0 Å². The minimum absolute atomic E-state index is 0.215. The summed E-state index contributed by atoms with van der Waals surface area (Å²) in [6.45, 7) is 6.59. The maximum Gasteiger partial charge on any atom is 0.240 e. The third kappa shape index (κ3) is 6.78. The van der Waals surface area contributed by atoms with Crippen molar-refractivity contribution in [3.63, 3.8) is 0 Å². The van der Waals surface area contributed by atoms with Gasteiger partial charge in [0.15, 0.2) is 0 Å². The average Bonchev–Trinajstić information content (AvgIpc) is 2.60. The molecular weight excluding hydrogens is 376 g/mol. The largest absolute Gasteiger partial charge is 0.378 e. The second-order valence-electron chi connectivity index (χ2n) is 7.85. The summed E-state index contributed by atoms with van der Waals surface area (Å²) in [5.74, 6) is -0.303. The van der Waals surface area contributed by atoms with Crippen molar-refractivity contribution in [2.75, 3.05) is 30.3 Å². The molecule has 6 nitrogen and oxygen atoms in total. The Hall–Kier alpha value is -1.60. The van der Waals surface area contributed by atoms with Crippen molar-refractivity contribution in [1.29, 1.82) is 0 Å². The first-order valence-electron chi connectivity index (χ1n) is 10.1. The van der Waals surface area contributed by atoms with Crippen LogP contribution in [0, 0.1) is 20.8 Å². The van der Waals surface area contributed by atoms with E-state index in [0.717, 1.165) is 42.2 Å². The van der Waals surface area contributed by atoms with Crippen molar-refractivity contribution in [3.05, 3.63) is 28.8 Å². The number of sulfonamides is 1. The zero-order valence-corrected chi connectivity index (χ0v) is 18.4. The van der Waals surface area contributed by atoms with Gasteiger partial charge in [-0.05, 0) is 51.2 Å². The van der Waals surface area contributed by atoms with Crippen LogP contribution in [0.15, 0.2) is 12.1 Å². The van der Waals surface area contributed by atoms with Crippen molar-refractivity contribution in [2.24, 2.45) is 0 Å². The van der Waals surface area contributed by atoms with E-state index in [1.165, 1.54) is 23.6 Å². The van der Waals surface area contributed by atoms with Crippen molar-refractivity contribution in [3.8, 4) is 0 Å². The molecule has 0 aliphatic heterocycles. The molecule has 0 saturated heterocycles.